The summed E-state index contributed by atoms with van der Waals surface area (Å²) in [5.74, 6) is 0.845. The normalized spacial score (nSPS) is 17.4. The summed E-state index contributed by atoms with van der Waals surface area (Å²) in [5.41, 5.74) is 1.30. The summed E-state index contributed by atoms with van der Waals surface area (Å²) >= 11 is 0. The Morgan fingerprint density at radius 2 is 2.12 bits per heavy atom. The van der Waals surface area contributed by atoms with E-state index in [1.165, 1.54) is 0 Å². The highest BCUT2D eigenvalue weighted by Crippen LogP contribution is 2.37. The van der Waals surface area contributed by atoms with Gasteiger partial charge in [0.25, 0.3) is 5.91 Å². The SMILES string of the molecule is CCN1C(=O)C(C)(C)Nc2ccc(OC)cc21. The van der Waals surface area contributed by atoms with Crippen LogP contribution in [-0.2, 0) is 4.79 Å². The van der Waals surface area contributed by atoms with Crippen molar-refractivity contribution < 1.29 is 9.53 Å². The molecule has 2 rings (SSSR count). The van der Waals surface area contributed by atoms with Crippen LogP contribution in [0.4, 0.5) is 11.4 Å². The molecule has 4 nitrogen and oxygen atoms in total. The molecule has 0 unspecified atom stereocenters. The lowest BCUT2D eigenvalue weighted by Crippen LogP contribution is -2.53. The average molecular weight is 234 g/mol. The molecule has 1 aromatic carbocycles. The molecule has 1 heterocycles. The first-order chi connectivity index (χ1) is 7.99. The molecule has 0 bridgehead atoms. The Balaban J connectivity index is 2.53. The molecule has 0 spiro atoms. The van der Waals surface area contributed by atoms with Crippen molar-refractivity contribution in [3.05, 3.63) is 18.2 Å². The van der Waals surface area contributed by atoms with Gasteiger partial charge in [-0.25, -0.2) is 0 Å². The fraction of sp³-hybridized carbons (Fsp3) is 0.462. The first-order valence-corrected chi connectivity index (χ1v) is 5.78. The van der Waals surface area contributed by atoms with Gasteiger partial charge in [-0.2, -0.15) is 0 Å². The number of hydrogen-bond donors (Lipinski definition) is 1. The van der Waals surface area contributed by atoms with E-state index in [1.807, 2.05) is 39.0 Å². The zero-order chi connectivity index (χ0) is 12.6. The Labute approximate surface area is 102 Å². The predicted molar refractivity (Wildman–Crippen MR) is 68.7 cm³/mol. The molecule has 4 heteroatoms. The van der Waals surface area contributed by atoms with E-state index in [-0.39, 0.29) is 5.91 Å². The number of methoxy groups -OCH3 is 1. The van der Waals surface area contributed by atoms with Crippen molar-refractivity contribution in [1.29, 1.82) is 0 Å². The molecule has 17 heavy (non-hydrogen) atoms. The number of anilines is 2. The van der Waals surface area contributed by atoms with Gasteiger partial charge in [-0.3, -0.25) is 4.79 Å². The minimum absolute atomic E-state index is 0.0840. The number of nitrogens with zero attached hydrogens (tertiary/aromatic N) is 1. The summed E-state index contributed by atoms with van der Waals surface area (Å²) in [5, 5.41) is 3.25. The zero-order valence-electron chi connectivity index (χ0n) is 10.7. The van der Waals surface area contributed by atoms with Crippen molar-refractivity contribution in [3.8, 4) is 5.75 Å². The van der Waals surface area contributed by atoms with Gasteiger partial charge in [-0.05, 0) is 32.9 Å². The molecular formula is C13H18N2O2. The van der Waals surface area contributed by atoms with Crippen molar-refractivity contribution >= 4 is 17.3 Å². The van der Waals surface area contributed by atoms with Gasteiger partial charge in [0.1, 0.15) is 11.3 Å². The number of fused-ring (bicyclic) bond motifs is 1. The van der Waals surface area contributed by atoms with Crippen LogP contribution in [0.1, 0.15) is 20.8 Å². The van der Waals surface area contributed by atoms with E-state index < -0.39 is 5.54 Å². The molecule has 1 amide bonds. The van der Waals surface area contributed by atoms with Crippen LogP contribution >= 0.6 is 0 Å². The van der Waals surface area contributed by atoms with Crippen molar-refractivity contribution in [2.24, 2.45) is 0 Å². The van der Waals surface area contributed by atoms with E-state index >= 15 is 0 Å². The Morgan fingerprint density at radius 1 is 1.41 bits per heavy atom. The number of amides is 1. The molecule has 1 aromatic rings. The monoisotopic (exact) mass is 234 g/mol. The van der Waals surface area contributed by atoms with E-state index in [1.54, 1.807) is 12.0 Å². The number of ether oxygens (including phenoxy) is 1. The fourth-order valence-electron chi connectivity index (χ4n) is 2.12. The number of likely N-dealkylation sites (N-methyl/N-ethyl adjacent to an activating group) is 1. The Bertz CT molecular complexity index is 455. The minimum atomic E-state index is -0.558. The summed E-state index contributed by atoms with van der Waals surface area (Å²) < 4.78 is 5.19. The van der Waals surface area contributed by atoms with Crippen LogP contribution in [0, 0.1) is 0 Å². The molecule has 0 aliphatic carbocycles. The molecule has 92 valence electrons. The van der Waals surface area contributed by atoms with Crippen molar-refractivity contribution in [3.63, 3.8) is 0 Å². The second kappa shape index (κ2) is 3.95. The number of rotatable bonds is 2. The summed E-state index contributed by atoms with van der Waals surface area (Å²) in [7, 11) is 1.63. The topological polar surface area (TPSA) is 41.6 Å². The van der Waals surface area contributed by atoms with Gasteiger partial charge in [0.05, 0.1) is 18.5 Å². The maximum Gasteiger partial charge on any atom is 0.252 e. The Morgan fingerprint density at radius 3 is 2.71 bits per heavy atom. The van der Waals surface area contributed by atoms with Crippen LogP contribution in [0.3, 0.4) is 0 Å². The Hall–Kier alpha value is -1.71. The van der Waals surface area contributed by atoms with Crippen LogP contribution in [0.15, 0.2) is 18.2 Å². The summed E-state index contributed by atoms with van der Waals surface area (Å²) in [6.07, 6.45) is 0. The zero-order valence-corrected chi connectivity index (χ0v) is 10.7. The highest BCUT2D eigenvalue weighted by atomic mass is 16.5. The molecule has 0 atom stereocenters. The number of carbonyl (C=O) groups excluding carboxylic acids is 1. The Kier molecular flexibility index (Phi) is 2.73. The van der Waals surface area contributed by atoms with Gasteiger partial charge in [-0.15, -0.1) is 0 Å². The molecule has 1 aliphatic rings. The van der Waals surface area contributed by atoms with Crippen LogP contribution in [0.25, 0.3) is 0 Å². The summed E-state index contributed by atoms with van der Waals surface area (Å²) in [6, 6.07) is 5.73. The van der Waals surface area contributed by atoms with Crippen LogP contribution < -0.4 is 15.0 Å². The van der Waals surface area contributed by atoms with Gasteiger partial charge in [-0.1, -0.05) is 0 Å². The summed E-state index contributed by atoms with van der Waals surface area (Å²) in [6.45, 7) is 6.42. The molecule has 0 radical (unpaired) electrons. The number of benzene rings is 1. The average Bonchev–Trinajstić information content (AvgIpc) is 2.30. The molecule has 1 N–H and O–H groups in total. The standard InChI is InChI=1S/C13H18N2O2/c1-5-15-11-8-9(17-4)6-7-10(11)14-13(2,3)12(15)16/h6-8,14H,5H2,1-4H3. The summed E-state index contributed by atoms with van der Waals surface area (Å²) in [4.78, 5) is 14.0. The lowest BCUT2D eigenvalue weighted by molar-refractivity contribution is -0.122. The molecule has 1 aliphatic heterocycles. The van der Waals surface area contributed by atoms with E-state index in [9.17, 15) is 4.79 Å². The molecule has 0 saturated carbocycles. The lowest BCUT2D eigenvalue weighted by atomic mass is 9.98. The second-order valence-electron chi connectivity index (χ2n) is 4.68. The molecule has 0 fully saturated rings. The number of nitrogens with one attached hydrogen (secondary N) is 1. The third-order valence-corrected chi connectivity index (χ3v) is 3.04. The van der Waals surface area contributed by atoms with Crippen molar-refractivity contribution in [2.75, 3.05) is 23.9 Å². The second-order valence-corrected chi connectivity index (χ2v) is 4.68. The van der Waals surface area contributed by atoms with Crippen LogP contribution in [0.2, 0.25) is 0 Å². The van der Waals surface area contributed by atoms with Gasteiger partial charge < -0.3 is 15.0 Å². The van der Waals surface area contributed by atoms with E-state index in [0.29, 0.717) is 6.54 Å². The van der Waals surface area contributed by atoms with Gasteiger partial charge >= 0.3 is 0 Å². The number of hydrogen-bond acceptors (Lipinski definition) is 3. The minimum Gasteiger partial charge on any atom is -0.497 e. The predicted octanol–water partition coefficient (Wildman–Crippen LogP) is 2.25. The smallest absolute Gasteiger partial charge is 0.252 e. The van der Waals surface area contributed by atoms with E-state index in [2.05, 4.69) is 5.32 Å². The maximum atomic E-state index is 12.3. The molecule has 0 saturated heterocycles. The quantitative estimate of drug-likeness (QED) is 0.853. The largest absolute Gasteiger partial charge is 0.497 e. The van der Waals surface area contributed by atoms with Gasteiger partial charge in [0.15, 0.2) is 0 Å². The van der Waals surface area contributed by atoms with Gasteiger partial charge in [0, 0.05) is 12.6 Å². The third kappa shape index (κ3) is 1.84. The maximum absolute atomic E-state index is 12.3. The molecular weight excluding hydrogens is 216 g/mol. The molecule has 0 aromatic heterocycles. The highest BCUT2D eigenvalue weighted by Gasteiger charge is 2.37. The van der Waals surface area contributed by atoms with Crippen molar-refractivity contribution in [2.45, 2.75) is 26.3 Å². The third-order valence-electron chi connectivity index (χ3n) is 3.04. The highest BCUT2D eigenvalue weighted by molar-refractivity contribution is 6.07. The fourth-order valence-corrected chi connectivity index (χ4v) is 2.12. The van der Waals surface area contributed by atoms with Crippen molar-refractivity contribution in [1.82, 2.24) is 0 Å². The van der Waals surface area contributed by atoms with E-state index in [0.717, 1.165) is 17.1 Å². The first-order valence-electron chi connectivity index (χ1n) is 5.78. The van der Waals surface area contributed by atoms with Crippen LogP contribution in [-0.4, -0.2) is 25.1 Å². The number of carbonyl (C=O) groups is 1. The van der Waals surface area contributed by atoms with Gasteiger partial charge in [0.2, 0.25) is 0 Å². The van der Waals surface area contributed by atoms with E-state index in [4.69, 9.17) is 4.74 Å². The first kappa shape index (κ1) is 11.8. The van der Waals surface area contributed by atoms with Crippen LogP contribution in [0.5, 0.6) is 5.75 Å². The lowest BCUT2D eigenvalue weighted by Gasteiger charge is -2.39.